The van der Waals surface area contributed by atoms with Crippen LogP contribution in [0.3, 0.4) is 0 Å². The summed E-state index contributed by atoms with van der Waals surface area (Å²) in [6.07, 6.45) is 4.97. The Labute approximate surface area is 102 Å². The molecule has 2 rings (SSSR count). The van der Waals surface area contributed by atoms with Gasteiger partial charge in [0, 0.05) is 26.3 Å². The summed E-state index contributed by atoms with van der Waals surface area (Å²) in [7, 11) is 2.02. The minimum absolute atomic E-state index is 0.223. The van der Waals surface area contributed by atoms with Crippen LogP contribution in [0.1, 0.15) is 31.4 Å². The summed E-state index contributed by atoms with van der Waals surface area (Å²) < 4.78 is 0. The summed E-state index contributed by atoms with van der Waals surface area (Å²) in [5.41, 5.74) is 1.14. The number of amides is 1. The summed E-state index contributed by atoms with van der Waals surface area (Å²) in [6.45, 7) is 3.90. The third-order valence-electron chi connectivity index (χ3n) is 3.45. The van der Waals surface area contributed by atoms with Gasteiger partial charge < -0.3 is 9.80 Å². The second-order valence-corrected chi connectivity index (χ2v) is 4.47. The lowest BCUT2D eigenvalue weighted by atomic mass is 10.1. The first-order chi connectivity index (χ1) is 8.26. The van der Waals surface area contributed by atoms with Crippen molar-refractivity contribution in [1.29, 1.82) is 0 Å². The predicted molar refractivity (Wildman–Crippen MR) is 67.9 cm³/mol. The average Bonchev–Trinajstić information content (AvgIpc) is 2.86. The van der Waals surface area contributed by atoms with Gasteiger partial charge in [0.15, 0.2) is 0 Å². The fraction of sp³-hybridized carbons (Fsp3) is 0.538. The van der Waals surface area contributed by atoms with Crippen LogP contribution in [-0.4, -0.2) is 36.4 Å². The van der Waals surface area contributed by atoms with E-state index in [-0.39, 0.29) is 6.04 Å². The minimum Gasteiger partial charge on any atom is -0.360 e. The molecule has 0 unspecified atom stereocenters. The van der Waals surface area contributed by atoms with Gasteiger partial charge >= 0.3 is 0 Å². The molecule has 0 N–H and O–H groups in total. The molecule has 4 nitrogen and oxygen atoms in total. The molecule has 0 radical (unpaired) electrons. The third-order valence-corrected chi connectivity index (χ3v) is 3.45. The normalized spacial score (nSPS) is 19.4. The molecule has 1 saturated heterocycles. The monoisotopic (exact) mass is 233 g/mol. The van der Waals surface area contributed by atoms with Gasteiger partial charge in [-0.05, 0) is 31.4 Å². The lowest BCUT2D eigenvalue weighted by Gasteiger charge is -2.21. The van der Waals surface area contributed by atoms with Gasteiger partial charge in [-0.25, -0.2) is 4.98 Å². The number of likely N-dealkylation sites (tertiary alicyclic amines) is 1. The summed E-state index contributed by atoms with van der Waals surface area (Å²) in [5.74, 6) is 0.979. The molecule has 1 fully saturated rings. The van der Waals surface area contributed by atoms with E-state index in [1.54, 1.807) is 0 Å². The van der Waals surface area contributed by atoms with Crippen LogP contribution >= 0.6 is 0 Å². The molecule has 4 heteroatoms. The molecule has 0 aromatic carbocycles. The van der Waals surface area contributed by atoms with Gasteiger partial charge in [-0.3, -0.25) is 4.79 Å². The van der Waals surface area contributed by atoms with Crippen molar-refractivity contribution in [1.82, 2.24) is 9.88 Å². The van der Waals surface area contributed by atoms with E-state index >= 15 is 0 Å². The molecule has 2 heterocycles. The van der Waals surface area contributed by atoms with Crippen LogP contribution in [0.4, 0.5) is 5.82 Å². The van der Waals surface area contributed by atoms with E-state index in [4.69, 9.17) is 0 Å². The van der Waals surface area contributed by atoms with Crippen LogP contribution < -0.4 is 4.90 Å². The van der Waals surface area contributed by atoms with Gasteiger partial charge in [-0.2, -0.15) is 0 Å². The number of aromatic nitrogens is 1. The third kappa shape index (κ3) is 2.40. The molecule has 1 aromatic rings. The SMILES string of the molecule is CCN(C)c1ccc([C@H]2CCCN2C=O)cn1. The number of rotatable bonds is 4. The predicted octanol–water partition coefficient (Wildman–Crippen LogP) is 1.83. The van der Waals surface area contributed by atoms with Crippen molar-refractivity contribution in [2.75, 3.05) is 25.0 Å². The minimum atomic E-state index is 0.223. The first-order valence-electron chi connectivity index (χ1n) is 6.14. The van der Waals surface area contributed by atoms with E-state index < -0.39 is 0 Å². The highest BCUT2D eigenvalue weighted by Gasteiger charge is 2.24. The number of hydrogen-bond donors (Lipinski definition) is 0. The molecule has 0 aliphatic carbocycles. The maximum absolute atomic E-state index is 10.9. The Morgan fingerprint density at radius 3 is 3.00 bits per heavy atom. The largest absolute Gasteiger partial charge is 0.360 e. The van der Waals surface area contributed by atoms with Gasteiger partial charge in [0.05, 0.1) is 6.04 Å². The van der Waals surface area contributed by atoms with E-state index in [2.05, 4.69) is 22.9 Å². The second kappa shape index (κ2) is 5.17. The van der Waals surface area contributed by atoms with E-state index in [1.807, 2.05) is 24.2 Å². The van der Waals surface area contributed by atoms with Gasteiger partial charge in [-0.15, -0.1) is 0 Å². The topological polar surface area (TPSA) is 36.4 Å². The standard InChI is InChI=1S/C13H19N3O/c1-3-15(2)13-7-6-11(9-14-13)12-5-4-8-16(12)10-17/h6-7,9-10,12H,3-5,8H2,1-2H3/t12-/m1/s1. The zero-order valence-electron chi connectivity index (χ0n) is 10.5. The van der Waals surface area contributed by atoms with Gasteiger partial charge in [-0.1, -0.05) is 6.07 Å². The molecule has 92 valence electrons. The molecule has 0 bridgehead atoms. The van der Waals surface area contributed by atoms with Crippen molar-refractivity contribution in [2.45, 2.75) is 25.8 Å². The van der Waals surface area contributed by atoms with E-state index in [0.29, 0.717) is 0 Å². The van der Waals surface area contributed by atoms with Crippen molar-refractivity contribution < 1.29 is 4.79 Å². The Kier molecular flexibility index (Phi) is 3.61. The molecular formula is C13H19N3O. The van der Waals surface area contributed by atoms with Crippen LogP contribution in [-0.2, 0) is 4.79 Å². The summed E-state index contributed by atoms with van der Waals surface area (Å²) in [5, 5.41) is 0. The number of carbonyl (C=O) groups excluding carboxylic acids is 1. The van der Waals surface area contributed by atoms with Gasteiger partial charge in [0.1, 0.15) is 5.82 Å². The molecule has 1 aliphatic heterocycles. The quantitative estimate of drug-likeness (QED) is 0.744. The summed E-state index contributed by atoms with van der Waals surface area (Å²) in [4.78, 5) is 19.3. The van der Waals surface area contributed by atoms with Crippen molar-refractivity contribution in [2.24, 2.45) is 0 Å². The Balaban J connectivity index is 2.14. The number of hydrogen-bond acceptors (Lipinski definition) is 3. The van der Waals surface area contributed by atoms with Crippen LogP contribution in [0, 0.1) is 0 Å². The summed E-state index contributed by atoms with van der Waals surface area (Å²) >= 11 is 0. The lowest BCUT2D eigenvalue weighted by molar-refractivity contribution is -0.118. The average molecular weight is 233 g/mol. The molecule has 0 spiro atoms. The summed E-state index contributed by atoms with van der Waals surface area (Å²) in [6, 6.07) is 4.34. The molecule has 0 saturated carbocycles. The fourth-order valence-corrected chi connectivity index (χ4v) is 2.26. The maximum Gasteiger partial charge on any atom is 0.210 e. The Hall–Kier alpha value is -1.58. The van der Waals surface area contributed by atoms with Gasteiger partial charge in [0.25, 0.3) is 0 Å². The molecule has 1 aliphatic rings. The highest BCUT2D eigenvalue weighted by Crippen LogP contribution is 2.30. The Morgan fingerprint density at radius 1 is 1.59 bits per heavy atom. The first kappa shape index (κ1) is 11.9. The number of anilines is 1. The highest BCUT2D eigenvalue weighted by molar-refractivity contribution is 5.50. The van der Waals surface area contributed by atoms with Crippen LogP contribution in [0.2, 0.25) is 0 Å². The van der Waals surface area contributed by atoms with Crippen molar-refractivity contribution in [3.05, 3.63) is 23.9 Å². The van der Waals surface area contributed by atoms with Gasteiger partial charge in [0.2, 0.25) is 6.41 Å². The van der Waals surface area contributed by atoms with E-state index in [9.17, 15) is 4.79 Å². The zero-order chi connectivity index (χ0) is 12.3. The molecular weight excluding hydrogens is 214 g/mol. The van der Waals surface area contributed by atoms with E-state index in [0.717, 1.165) is 43.7 Å². The van der Waals surface area contributed by atoms with Crippen molar-refractivity contribution in [3.63, 3.8) is 0 Å². The maximum atomic E-state index is 10.9. The van der Waals surface area contributed by atoms with Crippen molar-refractivity contribution in [3.8, 4) is 0 Å². The van der Waals surface area contributed by atoms with Crippen molar-refractivity contribution >= 4 is 12.2 Å². The highest BCUT2D eigenvalue weighted by atomic mass is 16.1. The fourth-order valence-electron chi connectivity index (χ4n) is 2.26. The van der Waals surface area contributed by atoms with Crippen LogP contribution in [0.5, 0.6) is 0 Å². The number of nitrogens with zero attached hydrogens (tertiary/aromatic N) is 3. The zero-order valence-corrected chi connectivity index (χ0v) is 10.5. The first-order valence-corrected chi connectivity index (χ1v) is 6.14. The molecule has 1 atom stereocenters. The lowest BCUT2D eigenvalue weighted by Crippen LogP contribution is -2.22. The van der Waals surface area contributed by atoms with Crippen LogP contribution in [0.15, 0.2) is 18.3 Å². The Bertz CT molecular complexity index is 377. The smallest absolute Gasteiger partial charge is 0.210 e. The molecule has 1 amide bonds. The molecule has 17 heavy (non-hydrogen) atoms. The van der Waals surface area contributed by atoms with Crippen LogP contribution in [0.25, 0.3) is 0 Å². The second-order valence-electron chi connectivity index (χ2n) is 4.47. The number of carbonyl (C=O) groups is 1. The number of pyridine rings is 1. The van der Waals surface area contributed by atoms with E-state index in [1.165, 1.54) is 0 Å². The molecule has 1 aromatic heterocycles. The Morgan fingerprint density at radius 2 is 2.41 bits per heavy atom.